The van der Waals surface area contributed by atoms with E-state index in [0.717, 1.165) is 18.7 Å². The second-order valence-electron chi connectivity index (χ2n) is 6.57. The van der Waals surface area contributed by atoms with E-state index in [1.807, 2.05) is 12.1 Å². The predicted molar refractivity (Wildman–Crippen MR) is 113 cm³/mol. The molecule has 0 radical (unpaired) electrons. The van der Waals surface area contributed by atoms with Gasteiger partial charge in [0.15, 0.2) is 22.8 Å². The van der Waals surface area contributed by atoms with Crippen molar-refractivity contribution in [1.29, 1.82) is 0 Å². The van der Waals surface area contributed by atoms with Crippen LogP contribution in [-0.2, 0) is 0 Å². The summed E-state index contributed by atoms with van der Waals surface area (Å²) in [5, 5.41) is 10.1. The summed E-state index contributed by atoms with van der Waals surface area (Å²) >= 11 is 0. The maximum absolute atomic E-state index is 10.1. The summed E-state index contributed by atoms with van der Waals surface area (Å²) in [5.74, 6) is 0.998. The molecule has 0 spiro atoms. The van der Waals surface area contributed by atoms with Gasteiger partial charge < -0.3 is 31.9 Å². The van der Waals surface area contributed by atoms with Crippen molar-refractivity contribution >= 4 is 28.7 Å². The van der Waals surface area contributed by atoms with Crippen LogP contribution in [0.3, 0.4) is 0 Å². The van der Waals surface area contributed by atoms with Gasteiger partial charge in [0.05, 0.1) is 0 Å². The van der Waals surface area contributed by atoms with Gasteiger partial charge in [0, 0.05) is 12.1 Å². The van der Waals surface area contributed by atoms with Crippen LogP contribution in [0.2, 0.25) is 0 Å². The zero-order chi connectivity index (χ0) is 21.0. The van der Waals surface area contributed by atoms with E-state index in [2.05, 4.69) is 38.7 Å². The van der Waals surface area contributed by atoms with E-state index in [4.69, 9.17) is 21.9 Å². The number of likely N-dealkylation sites (N-methyl/N-ethyl adjacent to an activating group) is 1. The number of anilines is 3. The predicted octanol–water partition coefficient (Wildman–Crippen LogP) is 0.915. The summed E-state index contributed by atoms with van der Waals surface area (Å²) in [6.07, 6.45) is -0.563. The molecule has 1 aromatic carbocycles. The van der Waals surface area contributed by atoms with Crippen LogP contribution < -0.4 is 21.9 Å². The molecule has 2 aromatic heterocycles. The number of aromatic nitrogens is 4. The van der Waals surface area contributed by atoms with Gasteiger partial charge in [-0.25, -0.2) is 9.97 Å². The lowest BCUT2D eigenvalue weighted by Gasteiger charge is -2.21. The normalized spacial score (nSPS) is 12.4. The SMILES string of the molecule is CCN(CC)CC(O)COc1ccc(-c2nc3c(N)nc(N)nc3nc2N)cc1. The molecule has 0 aliphatic heterocycles. The molecule has 3 aromatic rings. The Labute approximate surface area is 168 Å². The Morgan fingerprint density at radius 2 is 1.66 bits per heavy atom. The average molecular weight is 398 g/mol. The van der Waals surface area contributed by atoms with Crippen molar-refractivity contribution in [3.8, 4) is 17.0 Å². The van der Waals surface area contributed by atoms with E-state index >= 15 is 0 Å². The van der Waals surface area contributed by atoms with Crippen molar-refractivity contribution in [3.63, 3.8) is 0 Å². The molecule has 0 bridgehead atoms. The molecule has 3 rings (SSSR count). The minimum atomic E-state index is -0.563. The van der Waals surface area contributed by atoms with Gasteiger partial charge in [-0.2, -0.15) is 9.97 Å². The second kappa shape index (κ2) is 8.84. The summed E-state index contributed by atoms with van der Waals surface area (Å²) in [4.78, 5) is 18.7. The number of nitrogens with two attached hydrogens (primary N) is 3. The highest BCUT2D eigenvalue weighted by Crippen LogP contribution is 2.27. The topological polar surface area (TPSA) is 162 Å². The third-order valence-corrected chi connectivity index (χ3v) is 4.54. The number of nitrogens with zero attached hydrogens (tertiary/aromatic N) is 5. The van der Waals surface area contributed by atoms with E-state index < -0.39 is 6.10 Å². The van der Waals surface area contributed by atoms with Crippen molar-refractivity contribution in [2.24, 2.45) is 0 Å². The zero-order valence-electron chi connectivity index (χ0n) is 16.5. The van der Waals surface area contributed by atoms with Crippen LogP contribution in [-0.4, -0.2) is 62.3 Å². The highest BCUT2D eigenvalue weighted by Gasteiger charge is 2.14. The standard InChI is InChI=1S/C19H26N8O2/c1-3-27(4-2)9-12(28)10-29-13-7-5-11(6-8-13)14-16(20)24-18-15(23-14)17(21)25-19(22)26-18/h5-8,12,28H,3-4,9-10H2,1-2H3,(H6,20,21,22,24,25,26). The number of ether oxygens (including phenoxy) is 1. The van der Waals surface area contributed by atoms with Gasteiger partial charge in [0.1, 0.15) is 24.2 Å². The van der Waals surface area contributed by atoms with Gasteiger partial charge in [-0.05, 0) is 37.4 Å². The fourth-order valence-corrected chi connectivity index (χ4v) is 2.95. The molecular weight excluding hydrogens is 372 g/mol. The van der Waals surface area contributed by atoms with Crippen LogP contribution in [0, 0.1) is 0 Å². The number of fused-ring (bicyclic) bond motifs is 1. The molecule has 0 amide bonds. The average Bonchev–Trinajstić information content (AvgIpc) is 2.70. The molecular formula is C19H26N8O2. The fourth-order valence-electron chi connectivity index (χ4n) is 2.95. The number of nitrogen functional groups attached to an aromatic ring is 3. The first-order chi connectivity index (χ1) is 13.9. The Bertz CT molecular complexity index is 976. The van der Waals surface area contributed by atoms with Crippen LogP contribution in [0.4, 0.5) is 17.6 Å². The maximum Gasteiger partial charge on any atom is 0.224 e. The molecule has 7 N–H and O–H groups in total. The highest BCUT2D eigenvalue weighted by molar-refractivity contribution is 5.87. The number of rotatable bonds is 8. The second-order valence-corrected chi connectivity index (χ2v) is 6.57. The molecule has 0 saturated carbocycles. The van der Waals surface area contributed by atoms with Crippen molar-refractivity contribution in [1.82, 2.24) is 24.8 Å². The van der Waals surface area contributed by atoms with E-state index in [0.29, 0.717) is 23.5 Å². The molecule has 1 atom stereocenters. The first-order valence-electron chi connectivity index (χ1n) is 9.41. The Morgan fingerprint density at radius 1 is 0.966 bits per heavy atom. The summed E-state index contributed by atoms with van der Waals surface area (Å²) in [7, 11) is 0. The molecule has 0 aliphatic carbocycles. The summed E-state index contributed by atoms with van der Waals surface area (Å²) in [5.41, 5.74) is 19.3. The number of hydrogen-bond donors (Lipinski definition) is 4. The smallest absolute Gasteiger partial charge is 0.224 e. The van der Waals surface area contributed by atoms with Crippen LogP contribution in [0.1, 0.15) is 13.8 Å². The molecule has 29 heavy (non-hydrogen) atoms. The van der Waals surface area contributed by atoms with E-state index in [-0.39, 0.29) is 29.8 Å². The quantitative estimate of drug-likeness (QED) is 0.429. The van der Waals surface area contributed by atoms with Gasteiger partial charge in [0.2, 0.25) is 5.95 Å². The first-order valence-corrected chi connectivity index (χ1v) is 9.41. The van der Waals surface area contributed by atoms with Gasteiger partial charge >= 0.3 is 0 Å². The van der Waals surface area contributed by atoms with Crippen molar-refractivity contribution in [2.45, 2.75) is 20.0 Å². The third-order valence-electron chi connectivity index (χ3n) is 4.54. The van der Waals surface area contributed by atoms with Crippen molar-refractivity contribution in [3.05, 3.63) is 24.3 Å². The Hall–Kier alpha value is -3.24. The van der Waals surface area contributed by atoms with E-state index in [9.17, 15) is 5.11 Å². The minimum absolute atomic E-state index is 0.0149. The molecule has 2 heterocycles. The Morgan fingerprint density at radius 3 is 2.31 bits per heavy atom. The van der Waals surface area contributed by atoms with Gasteiger partial charge in [-0.3, -0.25) is 0 Å². The lowest BCUT2D eigenvalue weighted by Crippen LogP contribution is -2.35. The van der Waals surface area contributed by atoms with Gasteiger partial charge in [0.25, 0.3) is 0 Å². The lowest BCUT2D eigenvalue weighted by molar-refractivity contribution is 0.0716. The Kier molecular flexibility index (Phi) is 6.25. The van der Waals surface area contributed by atoms with Gasteiger partial charge in [-0.1, -0.05) is 13.8 Å². The first kappa shape index (κ1) is 20.5. The number of aliphatic hydroxyl groups excluding tert-OH is 1. The number of hydrogen-bond acceptors (Lipinski definition) is 10. The summed E-state index contributed by atoms with van der Waals surface area (Å²) in [6, 6.07) is 7.19. The third kappa shape index (κ3) is 4.79. The molecule has 10 nitrogen and oxygen atoms in total. The molecule has 0 fully saturated rings. The van der Waals surface area contributed by atoms with E-state index in [1.165, 1.54) is 0 Å². The highest BCUT2D eigenvalue weighted by atomic mass is 16.5. The molecule has 0 saturated heterocycles. The zero-order valence-corrected chi connectivity index (χ0v) is 16.5. The lowest BCUT2D eigenvalue weighted by atomic mass is 10.1. The minimum Gasteiger partial charge on any atom is -0.491 e. The number of aliphatic hydroxyl groups is 1. The largest absolute Gasteiger partial charge is 0.491 e. The molecule has 0 aliphatic rings. The van der Waals surface area contributed by atoms with Crippen LogP contribution in [0.5, 0.6) is 5.75 Å². The van der Waals surface area contributed by atoms with Crippen molar-refractivity contribution < 1.29 is 9.84 Å². The molecule has 1 unspecified atom stereocenters. The van der Waals surface area contributed by atoms with Crippen LogP contribution in [0.15, 0.2) is 24.3 Å². The molecule has 154 valence electrons. The van der Waals surface area contributed by atoms with Crippen LogP contribution in [0.25, 0.3) is 22.4 Å². The monoisotopic (exact) mass is 398 g/mol. The van der Waals surface area contributed by atoms with Gasteiger partial charge in [-0.15, -0.1) is 0 Å². The summed E-state index contributed by atoms with van der Waals surface area (Å²) < 4.78 is 5.68. The maximum atomic E-state index is 10.1. The Balaban J connectivity index is 1.74. The van der Waals surface area contributed by atoms with Crippen LogP contribution >= 0.6 is 0 Å². The van der Waals surface area contributed by atoms with Crippen molar-refractivity contribution in [2.75, 3.05) is 43.4 Å². The molecule has 10 heteroatoms. The fraction of sp³-hybridized carbons (Fsp3) is 0.368. The van der Waals surface area contributed by atoms with E-state index in [1.54, 1.807) is 12.1 Å². The summed E-state index contributed by atoms with van der Waals surface area (Å²) in [6.45, 7) is 6.68. The number of benzene rings is 1.